The topological polar surface area (TPSA) is 83.6 Å². The third-order valence-corrected chi connectivity index (χ3v) is 5.29. The summed E-state index contributed by atoms with van der Waals surface area (Å²) in [4.78, 5) is 24.7. The van der Waals surface area contributed by atoms with Crippen molar-refractivity contribution in [2.45, 2.75) is 11.3 Å². The lowest BCUT2D eigenvalue weighted by atomic mass is 10.1. The summed E-state index contributed by atoms with van der Waals surface area (Å²) in [5.41, 5.74) is 0. The van der Waals surface area contributed by atoms with Crippen molar-refractivity contribution in [2.75, 3.05) is 25.9 Å². The third-order valence-electron chi connectivity index (χ3n) is 3.55. The highest BCUT2D eigenvalue weighted by Crippen LogP contribution is 2.16. The molecule has 1 saturated heterocycles. The van der Waals surface area contributed by atoms with Crippen LogP contribution in [0, 0.1) is 11.7 Å². The van der Waals surface area contributed by atoms with Crippen molar-refractivity contribution in [1.29, 1.82) is 0 Å². The number of likely N-dealkylation sites (tertiary alicyclic amines) is 1. The molecule has 2 rings (SSSR count). The van der Waals surface area contributed by atoms with Crippen LogP contribution < -0.4 is 5.32 Å². The quantitative estimate of drug-likeness (QED) is 0.783. The average Bonchev–Trinajstić information content (AvgIpc) is 2.79. The Morgan fingerprint density at radius 3 is 2.55 bits per heavy atom. The van der Waals surface area contributed by atoms with Crippen molar-refractivity contribution in [1.82, 2.24) is 10.2 Å². The molecule has 120 valence electrons. The van der Waals surface area contributed by atoms with Crippen LogP contribution in [0.5, 0.6) is 0 Å². The zero-order valence-electron chi connectivity index (χ0n) is 12.1. The van der Waals surface area contributed by atoms with Crippen LogP contribution in [0.1, 0.15) is 6.42 Å². The lowest BCUT2D eigenvalue weighted by molar-refractivity contribution is -0.128. The minimum absolute atomic E-state index is 0.0129. The van der Waals surface area contributed by atoms with Crippen LogP contribution in [0.2, 0.25) is 0 Å². The number of hydrogen-bond donors (Lipinski definition) is 1. The summed E-state index contributed by atoms with van der Waals surface area (Å²) in [6, 6.07) is 4.53. The van der Waals surface area contributed by atoms with E-state index < -0.39 is 21.6 Å². The molecule has 0 aromatic heterocycles. The smallest absolute Gasteiger partial charge is 0.225 e. The number of sulfone groups is 1. The number of rotatable bonds is 5. The summed E-state index contributed by atoms with van der Waals surface area (Å²) in [7, 11) is -1.96. The summed E-state index contributed by atoms with van der Waals surface area (Å²) in [6.07, 6.45) is 0.146. The second kappa shape index (κ2) is 6.43. The van der Waals surface area contributed by atoms with Gasteiger partial charge in [0.15, 0.2) is 9.84 Å². The number of nitrogens with zero attached hydrogens (tertiary/aromatic N) is 1. The molecule has 6 nitrogen and oxygen atoms in total. The van der Waals surface area contributed by atoms with Gasteiger partial charge in [-0.2, -0.15) is 0 Å². The number of carbonyl (C=O) groups excluding carboxylic acids is 2. The van der Waals surface area contributed by atoms with E-state index in [0.717, 1.165) is 12.1 Å². The van der Waals surface area contributed by atoms with E-state index in [1.165, 1.54) is 17.0 Å². The zero-order valence-corrected chi connectivity index (χ0v) is 12.9. The highest BCUT2D eigenvalue weighted by atomic mass is 32.2. The number of benzene rings is 1. The molecular formula is C14H17FN2O4S. The molecule has 2 amide bonds. The number of carbonyl (C=O) groups is 2. The van der Waals surface area contributed by atoms with Gasteiger partial charge in [-0.1, -0.05) is 0 Å². The first-order valence-corrected chi connectivity index (χ1v) is 8.45. The van der Waals surface area contributed by atoms with Gasteiger partial charge >= 0.3 is 0 Å². The molecule has 1 N–H and O–H groups in total. The lowest BCUT2D eigenvalue weighted by Gasteiger charge is -2.11. The summed E-state index contributed by atoms with van der Waals surface area (Å²) in [5.74, 6) is -1.65. The van der Waals surface area contributed by atoms with Gasteiger partial charge in [-0.3, -0.25) is 9.59 Å². The van der Waals surface area contributed by atoms with Crippen molar-refractivity contribution in [3.8, 4) is 0 Å². The minimum Gasteiger partial charge on any atom is -0.355 e. The predicted molar refractivity (Wildman–Crippen MR) is 77.2 cm³/mol. The Hall–Kier alpha value is -1.96. The Morgan fingerprint density at radius 1 is 1.36 bits per heavy atom. The van der Waals surface area contributed by atoms with E-state index in [-0.39, 0.29) is 35.4 Å². The van der Waals surface area contributed by atoms with Gasteiger partial charge in [0.25, 0.3) is 0 Å². The first kappa shape index (κ1) is 16.4. The van der Waals surface area contributed by atoms with Crippen molar-refractivity contribution >= 4 is 21.7 Å². The first-order valence-electron chi connectivity index (χ1n) is 6.79. The zero-order chi connectivity index (χ0) is 16.3. The highest BCUT2D eigenvalue weighted by molar-refractivity contribution is 7.91. The number of nitrogens with one attached hydrogen (secondary N) is 1. The van der Waals surface area contributed by atoms with Gasteiger partial charge in [-0.05, 0) is 24.3 Å². The molecule has 0 radical (unpaired) electrons. The van der Waals surface area contributed by atoms with Crippen molar-refractivity contribution in [2.24, 2.45) is 5.92 Å². The second-order valence-corrected chi connectivity index (χ2v) is 7.35. The Morgan fingerprint density at radius 2 is 2.00 bits per heavy atom. The van der Waals surface area contributed by atoms with Crippen LogP contribution in [-0.2, 0) is 19.4 Å². The molecule has 0 aliphatic carbocycles. The fraction of sp³-hybridized carbons (Fsp3) is 0.429. The number of hydrogen-bond acceptors (Lipinski definition) is 4. The SMILES string of the molecule is CN1CC(C(=O)NCCS(=O)(=O)c2ccc(F)cc2)CC1=O. The molecule has 0 bridgehead atoms. The Kier molecular flexibility index (Phi) is 4.80. The average molecular weight is 328 g/mol. The Labute approximate surface area is 128 Å². The molecule has 1 aliphatic heterocycles. The van der Waals surface area contributed by atoms with E-state index >= 15 is 0 Å². The molecule has 0 saturated carbocycles. The van der Waals surface area contributed by atoms with E-state index in [9.17, 15) is 22.4 Å². The molecular weight excluding hydrogens is 311 g/mol. The molecule has 1 atom stereocenters. The van der Waals surface area contributed by atoms with Crippen molar-refractivity contribution in [3.05, 3.63) is 30.1 Å². The monoisotopic (exact) mass is 328 g/mol. The summed E-state index contributed by atoms with van der Waals surface area (Å²) in [5, 5.41) is 2.53. The molecule has 8 heteroatoms. The van der Waals surface area contributed by atoms with Crippen molar-refractivity contribution in [3.63, 3.8) is 0 Å². The van der Waals surface area contributed by atoms with E-state index in [1.54, 1.807) is 7.05 Å². The maximum Gasteiger partial charge on any atom is 0.225 e. The lowest BCUT2D eigenvalue weighted by Crippen LogP contribution is -2.35. The fourth-order valence-corrected chi connectivity index (χ4v) is 3.41. The number of halogens is 1. The molecule has 1 aliphatic rings. The standard InChI is InChI=1S/C14H17FN2O4S/c1-17-9-10(8-13(17)18)14(19)16-6-7-22(20,21)12-4-2-11(15)3-5-12/h2-5,10H,6-9H2,1H3,(H,16,19). The van der Waals surface area contributed by atoms with Crippen LogP contribution in [0.3, 0.4) is 0 Å². The van der Waals surface area contributed by atoms with Crippen molar-refractivity contribution < 1.29 is 22.4 Å². The summed E-state index contributed by atoms with van der Waals surface area (Å²) < 4.78 is 36.8. The Balaban J connectivity index is 1.86. The molecule has 1 fully saturated rings. The third kappa shape index (κ3) is 3.82. The molecule has 1 aromatic rings. The predicted octanol–water partition coefficient (Wildman–Crippen LogP) is 0.194. The minimum atomic E-state index is -3.58. The Bertz CT molecular complexity index is 673. The van der Waals surface area contributed by atoms with Gasteiger partial charge < -0.3 is 10.2 Å². The maximum atomic E-state index is 12.8. The van der Waals surface area contributed by atoms with Crippen LogP contribution in [0.25, 0.3) is 0 Å². The van der Waals surface area contributed by atoms with E-state index in [4.69, 9.17) is 0 Å². The van der Waals surface area contributed by atoms with Crippen LogP contribution >= 0.6 is 0 Å². The molecule has 0 spiro atoms. The molecule has 1 heterocycles. The van der Waals surface area contributed by atoms with Crippen LogP contribution in [-0.4, -0.2) is 51.0 Å². The van der Waals surface area contributed by atoms with Crippen LogP contribution in [0.15, 0.2) is 29.2 Å². The van der Waals surface area contributed by atoms with Gasteiger partial charge in [0, 0.05) is 26.6 Å². The van der Waals surface area contributed by atoms with Gasteiger partial charge in [0.1, 0.15) is 5.82 Å². The van der Waals surface area contributed by atoms with Gasteiger partial charge in [-0.15, -0.1) is 0 Å². The highest BCUT2D eigenvalue weighted by Gasteiger charge is 2.32. The van der Waals surface area contributed by atoms with Gasteiger partial charge in [0.2, 0.25) is 11.8 Å². The van der Waals surface area contributed by atoms with Gasteiger partial charge in [-0.25, -0.2) is 12.8 Å². The number of amides is 2. The summed E-state index contributed by atoms with van der Waals surface area (Å²) >= 11 is 0. The molecule has 22 heavy (non-hydrogen) atoms. The summed E-state index contributed by atoms with van der Waals surface area (Å²) in [6.45, 7) is 0.294. The van der Waals surface area contributed by atoms with Gasteiger partial charge in [0.05, 0.1) is 16.6 Å². The fourth-order valence-electron chi connectivity index (χ4n) is 2.25. The molecule has 1 unspecified atom stereocenters. The normalized spacial score (nSPS) is 18.5. The van der Waals surface area contributed by atoms with E-state index in [2.05, 4.69) is 5.32 Å². The second-order valence-electron chi connectivity index (χ2n) is 5.24. The molecule has 1 aromatic carbocycles. The van der Waals surface area contributed by atoms with E-state index in [1.807, 2.05) is 0 Å². The van der Waals surface area contributed by atoms with E-state index in [0.29, 0.717) is 6.54 Å². The first-order chi connectivity index (χ1) is 10.3. The largest absolute Gasteiger partial charge is 0.355 e. The van der Waals surface area contributed by atoms with Crippen LogP contribution in [0.4, 0.5) is 4.39 Å². The maximum absolute atomic E-state index is 12.8.